The van der Waals surface area contributed by atoms with Crippen molar-refractivity contribution in [1.29, 1.82) is 0 Å². The fraction of sp³-hybridized carbons (Fsp3) is 0.667. The van der Waals surface area contributed by atoms with Gasteiger partial charge in [0.1, 0.15) is 5.69 Å². The molecule has 2 N–H and O–H groups in total. The third-order valence-electron chi connectivity index (χ3n) is 3.69. The molecule has 1 amide bonds. The van der Waals surface area contributed by atoms with E-state index in [-0.39, 0.29) is 5.91 Å². The highest BCUT2D eigenvalue weighted by atomic mass is 16.7. The van der Waals surface area contributed by atoms with Gasteiger partial charge in [0.05, 0.1) is 31.6 Å². The number of aromatic nitrogens is 2. The van der Waals surface area contributed by atoms with Crippen molar-refractivity contribution in [3.05, 3.63) is 11.9 Å². The summed E-state index contributed by atoms with van der Waals surface area (Å²) < 4.78 is 12.8. The van der Waals surface area contributed by atoms with Crippen LogP contribution in [-0.2, 0) is 16.5 Å². The summed E-state index contributed by atoms with van der Waals surface area (Å²) in [6.07, 6.45) is 3.19. The van der Waals surface area contributed by atoms with Crippen LogP contribution in [0.25, 0.3) is 0 Å². The largest absolute Gasteiger partial charge is 0.396 e. The first-order valence-corrected chi connectivity index (χ1v) is 6.46. The monoisotopic (exact) mass is 266 g/mol. The third-order valence-corrected chi connectivity index (χ3v) is 3.69. The number of nitrogens with zero attached hydrogens (tertiary/aromatic N) is 3. The molecule has 3 heterocycles. The fourth-order valence-electron chi connectivity index (χ4n) is 2.76. The van der Waals surface area contributed by atoms with Gasteiger partial charge in [-0.2, -0.15) is 5.10 Å². The number of hydrogen-bond donors (Lipinski definition) is 1. The quantitative estimate of drug-likeness (QED) is 0.772. The van der Waals surface area contributed by atoms with Gasteiger partial charge < -0.3 is 20.1 Å². The van der Waals surface area contributed by atoms with Crippen molar-refractivity contribution in [2.75, 3.05) is 32.0 Å². The van der Waals surface area contributed by atoms with E-state index in [0.717, 1.165) is 12.8 Å². The minimum atomic E-state index is -0.610. The zero-order valence-electron chi connectivity index (χ0n) is 11.0. The van der Waals surface area contributed by atoms with Crippen molar-refractivity contribution in [3.8, 4) is 0 Å². The summed E-state index contributed by atoms with van der Waals surface area (Å²) in [6, 6.07) is 0. The topological polar surface area (TPSA) is 82.6 Å². The Labute approximate surface area is 111 Å². The normalized spacial score (nSPS) is 22.1. The first-order chi connectivity index (χ1) is 9.11. The molecule has 2 aliphatic rings. The number of amides is 1. The Hall–Kier alpha value is -1.60. The lowest BCUT2D eigenvalue weighted by atomic mass is 10.0. The molecule has 1 aromatic heterocycles. The maximum absolute atomic E-state index is 12.5. The molecule has 1 spiro atoms. The average molecular weight is 266 g/mol. The van der Waals surface area contributed by atoms with Gasteiger partial charge in [0, 0.05) is 20.0 Å². The first kappa shape index (κ1) is 12.4. The zero-order chi connectivity index (χ0) is 13.5. The Balaban J connectivity index is 1.80. The molecule has 3 rings (SSSR count). The van der Waals surface area contributed by atoms with Crippen molar-refractivity contribution in [1.82, 2.24) is 14.7 Å². The Bertz CT molecular complexity index is 474. The van der Waals surface area contributed by atoms with Crippen LogP contribution in [0.5, 0.6) is 0 Å². The van der Waals surface area contributed by atoms with Gasteiger partial charge in [-0.15, -0.1) is 0 Å². The second kappa shape index (κ2) is 4.50. The van der Waals surface area contributed by atoms with Gasteiger partial charge in [-0.3, -0.25) is 9.48 Å². The molecule has 0 radical (unpaired) electrons. The number of nitrogen functional groups attached to an aromatic ring is 1. The highest BCUT2D eigenvalue weighted by Gasteiger charge is 2.42. The number of carbonyl (C=O) groups excluding carboxylic acids is 1. The molecule has 0 atom stereocenters. The van der Waals surface area contributed by atoms with Gasteiger partial charge in [-0.25, -0.2) is 0 Å². The van der Waals surface area contributed by atoms with E-state index in [1.165, 1.54) is 10.9 Å². The summed E-state index contributed by atoms with van der Waals surface area (Å²) in [4.78, 5) is 14.3. The van der Waals surface area contributed by atoms with E-state index in [0.29, 0.717) is 37.7 Å². The van der Waals surface area contributed by atoms with Crippen molar-refractivity contribution in [2.24, 2.45) is 7.05 Å². The molecule has 0 aliphatic carbocycles. The van der Waals surface area contributed by atoms with Gasteiger partial charge >= 0.3 is 0 Å². The molecule has 2 fully saturated rings. The minimum absolute atomic E-state index is 0.115. The molecule has 7 nitrogen and oxygen atoms in total. The number of anilines is 1. The van der Waals surface area contributed by atoms with E-state index < -0.39 is 5.79 Å². The van der Waals surface area contributed by atoms with Gasteiger partial charge in [-0.05, 0) is 6.42 Å². The fourth-order valence-corrected chi connectivity index (χ4v) is 2.76. The molecule has 2 saturated heterocycles. The molecule has 0 bridgehead atoms. The van der Waals surface area contributed by atoms with Crippen molar-refractivity contribution >= 4 is 11.6 Å². The molecule has 19 heavy (non-hydrogen) atoms. The molecule has 0 unspecified atom stereocenters. The van der Waals surface area contributed by atoms with E-state index in [4.69, 9.17) is 15.2 Å². The summed E-state index contributed by atoms with van der Waals surface area (Å²) >= 11 is 0. The summed E-state index contributed by atoms with van der Waals surface area (Å²) in [5.74, 6) is -0.725. The van der Waals surface area contributed by atoms with E-state index in [1.807, 2.05) is 0 Å². The molecule has 104 valence electrons. The number of hydrogen-bond acceptors (Lipinski definition) is 5. The Morgan fingerprint density at radius 3 is 2.84 bits per heavy atom. The second-order valence-corrected chi connectivity index (χ2v) is 5.01. The van der Waals surface area contributed by atoms with Gasteiger partial charge in [0.15, 0.2) is 5.79 Å². The van der Waals surface area contributed by atoms with Gasteiger partial charge in [0.25, 0.3) is 5.91 Å². The summed E-state index contributed by atoms with van der Waals surface area (Å²) in [6.45, 7) is 2.33. The Kier molecular flexibility index (Phi) is 2.94. The van der Waals surface area contributed by atoms with E-state index >= 15 is 0 Å². The number of carbonyl (C=O) groups is 1. The van der Waals surface area contributed by atoms with Crippen LogP contribution < -0.4 is 5.73 Å². The highest BCUT2D eigenvalue weighted by Crippen LogP contribution is 2.31. The lowest BCUT2D eigenvalue weighted by Gasteiger charge is -2.38. The smallest absolute Gasteiger partial charge is 0.274 e. The molecule has 1 aromatic rings. The second-order valence-electron chi connectivity index (χ2n) is 5.01. The van der Waals surface area contributed by atoms with Crippen LogP contribution in [0.2, 0.25) is 0 Å². The van der Waals surface area contributed by atoms with E-state index in [2.05, 4.69) is 5.10 Å². The summed E-state index contributed by atoms with van der Waals surface area (Å²) in [5, 5.41) is 4.00. The SMILES string of the molecule is Cn1ncc(N)c1C(=O)N1CCCC2(C1)OCCO2. The van der Waals surface area contributed by atoms with Gasteiger partial charge in [-0.1, -0.05) is 0 Å². The van der Waals surface area contributed by atoms with Crippen LogP contribution in [-0.4, -0.2) is 52.7 Å². The maximum Gasteiger partial charge on any atom is 0.274 e. The first-order valence-electron chi connectivity index (χ1n) is 6.46. The van der Waals surface area contributed by atoms with Crippen LogP contribution in [0.1, 0.15) is 23.3 Å². The van der Waals surface area contributed by atoms with Crippen molar-refractivity contribution < 1.29 is 14.3 Å². The minimum Gasteiger partial charge on any atom is -0.396 e. The standard InChI is InChI=1S/C12H18N4O3/c1-15-10(9(13)7-14-15)11(17)16-4-2-3-12(8-16)18-5-6-19-12/h7H,2-6,8,13H2,1H3. The molecule has 7 heteroatoms. The van der Waals surface area contributed by atoms with Crippen molar-refractivity contribution in [3.63, 3.8) is 0 Å². The van der Waals surface area contributed by atoms with Crippen LogP contribution in [0, 0.1) is 0 Å². The number of rotatable bonds is 1. The Morgan fingerprint density at radius 1 is 1.47 bits per heavy atom. The maximum atomic E-state index is 12.5. The molecule has 0 saturated carbocycles. The zero-order valence-corrected chi connectivity index (χ0v) is 11.0. The molecular weight excluding hydrogens is 248 g/mol. The average Bonchev–Trinajstić information content (AvgIpc) is 2.97. The summed E-state index contributed by atoms with van der Waals surface area (Å²) in [5.41, 5.74) is 6.63. The number of aryl methyl sites for hydroxylation is 1. The van der Waals surface area contributed by atoms with Crippen LogP contribution in [0.4, 0.5) is 5.69 Å². The van der Waals surface area contributed by atoms with E-state index in [9.17, 15) is 4.79 Å². The predicted molar refractivity (Wildman–Crippen MR) is 67.4 cm³/mol. The summed E-state index contributed by atoms with van der Waals surface area (Å²) in [7, 11) is 1.71. The number of ether oxygens (including phenoxy) is 2. The number of piperidine rings is 1. The highest BCUT2D eigenvalue weighted by molar-refractivity contribution is 5.97. The third kappa shape index (κ3) is 2.08. The molecule has 0 aromatic carbocycles. The number of nitrogens with two attached hydrogens (primary N) is 1. The number of likely N-dealkylation sites (tertiary alicyclic amines) is 1. The van der Waals surface area contributed by atoms with Crippen LogP contribution >= 0.6 is 0 Å². The van der Waals surface area contributed by atoms with Crippen molar-refractivity contribution in [2.45, 2.75) is 18.6 Å². The van der Waals surface area contributed by atoms with E-state index in [1.54, 1.807) is 11.9 Å². The van der Waals surface area contributed by atoms with Gasteiger partial charge in [0.2, 0.25) is 0 Å². The lowest BCUT2D eigenvalue weighted by Crippen LogP contribution is -2.51. The molecular formula is C12H18N4O3. The van der Waals surface area contributed by atoms with Crippen LogP contribution in [0.15, 0.2) is 6.20 Å². The lowest BCUT2D eigenvalue weighted by molar-refractivity contribution is -0.183. The predicted octanol–water partition coefficient (Wildman–Crippen LogP) is -0.0186. The Morgan fingerprint density at radius 2 is 2.21 bits per heavy atom. The molecule has 2 aliphatic heterocycles. The van der Waals surface area contributed by atoms with Crippen LogP contribution in [0.3, 0.4) is 0 Å².